The van der Waals surface area contributed by atoms with E-state index in [0.29, 0.717) is 10.6 Å². The lowest BCUT2D eigenvalue weighted by Crippen LogP contribution is -2.09. The van der Waals surface area contributed by atoms with Gasteiger partial charge in [0.05, 0.1) is 17.7 Å². The summed E-state index contributed by atoms with van der Waals surface area (Å²) in [6, 6.07) is 6.45. The fourth-order valence-electron chi connectivity index (χ4n) is 2.73. The molecule has 3 rings (SSSR count). The van der Waals surface area contributed by atoms with Crippen LogP contribution in [-0.4, -0.2) is 16.8 Å². The van der Waals surface area contributed by atoms with Crippen LogP contribution in [0.15, 0.2) is 28.7 Å². The van der Waals surface area contributed by atoms with Crippen molar-refractivity contribution in [3.8, 4) is 0 Å². The summed E-state index contributed by atoms with van der Waals surface area (Å²) in [7, 11) is -1.69. The van der Waals surface area contributed by atoms with Crippen LogP contribution in [0.5, 0.6) is 0 Å². The molecule has 4 nitrogen and oxygen atoms in total. The zero-order valence-electron chi connectivity index (χ0n) is 14.9. The number of esters is 1. The van der Waals surface area contributed by atoms with Gasteiger partial charge in [0.2, 0.25) is 11.6 Å². The molecule has 29 heavy (non-hydrogen) atoms. The fourth-order valence-corrected chi connectivity index (χ4v) is 4.02. The Balaban J connectivity index is 2.06. The van der Waals surface area contributed by atoms with Crippen LogP contribution in [0.1, 0.15) is 28.6 Å². The Labute approximate surface area is 169 Å². The molecule has 0 bridgehead atoms. The van der Waals surface area contributed by atoms with Crippen molar-refractivity contribution < 1.29 is 35.7 Å². The molecule has 0 saturated heterocycles. The maximum Gasteiger partial charge on any atom is 0.342 e. The minimum absolute atomic E-state index is 0.0180. The highest BCUT2D eigenvalue weighted by molar-refractivity contribution is 7.83. The Bertz CT molecular complexity index is 1110. The smallest absolute Gasteiger partial charge is 0.342 e. The molecule has 0 saturated carbocycles. The van der Waals surface area contributed by atoms with Crippen molar-refractivity contribution in [2.45, 2.75) is 18.4 Å². The first-order chi connectivity index (χ1) is 13.7. The molecule has 1 heterocycles. The van der Waals surface area contributed by atoms with Gasteiger partial charge in [-0.15, -0.1) is 0 Å². The second-order valence-corrected chi connectivity index (χ2v) is 7.83. The fraction of sp³-hybridized carbons (Fsp3) is 0.211. The van der Waals surface area contributed by atoms with E-state index in [0.717, 1.165) is 0 Å². The molecule has 2 aromatic carbocycles. The predicted molar refractivity (Wildman–Crippen MR) is 99.0 cm³/mol. The number of benzene rings is 2. The highest BCUT2D eigenvalue weighted by Gasteiger charge is 2.32. The highest BCUT2D eigenvalue weighted by Crippen LogP contribution is 2.35. The quantitative estimate of drug-likeness (QED) is 0.223. The highest BCUT2D eigenvalue weighted by atomic mass is 35.5. The summed E-state index contributed by atoms with van der Waals surface area (Å²) in [6.45, 7) is 1.35. The molecule has 0 spiro atoms. The Morgan fingerprint density at radius 3 is 2.28 bits per heavy atom. The SMILES string of the molecule is CCOC(=O)c1c(C[S@@](=O)Cc2ccc(Cl)cc2)oc2c(F)c(F)c(F)c(F)c12. The first kappa shape index (κ1) is 21.3. The van der Waals surface area contributed by atoms with Gasteiger partial charge in [-0.25, -0.2) is 18.0 Å². The lowest BCUT2D eigenvalue weighted by Gasteiger charge is -2.05. The van der Waals surface area contributed by atoms with Gasteiger partial charge in [-0.2, -0.15) is 4.39 Å². The van der Waals surface area contributed by atoms with Crippen LogP contribution in [0.2, 0.25) is 5.02 Å². The van der Waals surface area contributed by atoms with Crippen LogP contribution in [0, 0.1) is 23.3 Å². The summed E-state index contributed by atoms with van der Waals surface area (Å²) in [5.74, 6) is -9.69. The molecule has 1 aromatic heterocycles. The number of carbonyl (C=O) groups excluding carboxylic acids is 1. The minimum Gasteiger partial charge on any atom is -0.462 e. The largest absolute Gasteiger partial charge is 0.462 e. The summed E-state index contributed by atoms with van der Waals surface area (Å²) in [6.07, 6.45) is 0. The third kappa shape index (κ3) is 4.16. The number of carbonyl (C=O) groups is 1. The molecule has 0 unspecified atom stereocenters. The number of ether oxygens (including phenoxy) is 1. The van der Waals surface area contributed by atoms with Crippen molar-refractivity contribution in [1.82, 2.24) is 0 Å². The zero-order valence-corrected chi connectivity index (χ0v) is 16.4. The van der Waals surface area contributed by atoms with Gasteiger partial charge < -0.3 is 9.15 Å². The first-order valence-electron chi connectivity index (χ1n) is 8.28. The second kappa shape index (κ2) is 8.54. The summed E-state index contributed by atoms with van der Waals surface area (Å²) < 4.78 is 78.0. The molecule has 0 N–H and O–H groups in total. The van der Waals surface area contributed by atoms with Gasteiger partial charge >= 0.3 is 5.97 Å². The molecule has 154 valence electrons. The van der Waals surface area contributed by atoms with E-state index in [1.165, 1.54) is 6.92 Å². The number of halogens is 5. The Kier molecular flexibility index (Phi) is 6.28. The lowest BCUT2D eigenvalue weighted by molar-refractivity contribution is 0.0526. The normalized spacial score (nSPS) is 12.3. The van der Waals surface area contributed by atoms with Gasteiger partial charge in [0.25, 0.3) is 0 Å². The van der Waals surface area contributed by atoms with Gasteiger partial charge in [-0.05, 0) is 24.6 Å². The van der Waals surface area contributed by atoms with E-state index in [1.54, 1.807) is 24.3 Å². The number of hydrogen-bond acceptors (Lipinski definition) is 4. The molecule has 0 aliphatic heterocycles. The second-order valence-electron chi connectivity index (χ2n) is 5.94. The summed E-state index contributed by atoms with van der Waals surface area (Å²) in [5, 5.41) is -0.408. The number of hydrogen-bond donors (Lipinski definition) is 0. The Hall–Kier alpha value is -2.39. The van der Waals surface area contributed by atoms with E-state index in [4.69, 9.17) is 20.8 Å². The number of fused-ring (bicyclic) bond motifs is 1. The Morgan fingerprint density at radius 1 is 1.03 bits per heavy atom. The van der Waals surface area contributed by atoms with Crippen molar-refractivity contribution in [1.29, 1.82) is 0 Å². The molecule has 0 aliphatic rings. The van der Waals surface area contributed by atoms with E-state index >= 15 is 0 Å². The molecule has 0 fully saturated rings. The third-order valence-corrected chi connectivity index (χ3v) is 5.48. The third-order valence-electron chi connectivity index (χ3n) is 3.99. The van der Waals surface area contributed by atoms with Crippen molar-refractivity contribution >= 4 is 39.3 Å². The van der Waals surface area contributed by atoms with Crippen LogP contribution in [0.4, 0.5) is 17.6 Å². The molecule has 1 atom stereocenters. The van der Waals surface area contributed by atoms with Crippen molar-refractivity contribution in [2.75, 3.05) is 6.61 Å². The molecule has 10 heteroatoms. The maximum atomic E-state index is 14.3. The zero-order chi connectivity index (χ0) is 21.3. The van der Waals surface area contributed by atoms with Crippen LogP contribution in [-0.2, 0) is 27.0 Å². The van der Waals surface area contributed by atoms with Crippen molar-refractivity contribution in [2.24, 2.45) is 0 Å². The van der Waals surface area contributed by atoms with Crippen molar-refractivity contribution in [3.63, 3.8) is 0 Å². The topological polar surface area (TPSA) is 56.5 Å². The van der Waals surface area contributed by atoms with Crippen molar-refractivity contribution in [3.05, 3.63) is 69.4 Å². The van der Waals surface area contributed by atoms with Crippen LogP contribution in [0.25, 0.3) is 11.0 Å². The predicted octanol–water partition coefficient (Wildman–Crippen LogP) is 5.27. The van der Waals surface area contributed by atoms with Gasteiger partial charge in [0.15, 0.2) is 17.2 Å². The molecular formula is C19H13ClF4O4S. The van der Waals surface area contributed by atoms with Crippen LogP contribution in [0.3, 0.4) is 0 Å². The average Bonchev–Trinajstić information content (AvgIpc) is 3.06. The van der Waals surface area contributed by atoms with Gasteiger partial charge in [-0.1, -0.05) is 23.7 Å². The van der Waals surface area contributed by atoms with E-state index in [2.05, 4.69) is 0 Å². The van der Waals surface area contributed by atoms with E-state index in [9.17, 15) is 26.6 Å². The van der Waals surface area contributed by atoms with Gasteiger partial charge in [0.1, 0.15) is 11.3 Å². The standard InChI is InChI=1S/C19H13ClF4O4S/c1-2-27-19(25)12-11(8-29(26)7-9-3-5-10(20)6-4-9)28-18-13(12)14(21)15(22)16(23)17(18)24/h3-6H,2,7-8H2,1H3/t29-/m0/s1. The molecule has 0 radical (unpaired) electrons. The minimum atomic E-state index is -2.09. The number of furan rings is 1. The van der Waals surface area contributed by atoms with Crippen LogP contribution < -0.4 is 0 Å². The monoisotopic (exact) mass is 448 g/mol. The number of rotatable bonds is 6. The summed E-state index contributed by atoms with van der Waals surface area (Å²) >= 11 is 5.79. The first-order valence-corrected chi connectivity index (χ1v) is 10.1. The molecule has 0 amide bonds. The summed E-state index contributed by atoms with van der Waals surface area (Å²) in [5.41, 5.74) is -0.958. The summed E-state index contributed by atoms with van der Waals surface area (Å²) in [4.78, 5) is 12.3. The van der Waals surface area contributed by atoms with Crippen LogP contribution >= 0.6 is 11.6 Å². The molecule has 3 aromatic rings. The van der Waals surface area contributed by atoms with E-state index < -0.39 is 68.1 Å². The lowest BCUT2D eigenvalue weighted by atomic mass is 10.1. The van der Waals surface area contributed by atoms with E-state index in [-0.39, 0.29) is 12.4 Å². The maximum absolute atomic E-state index is 14.3. The average molecular weight is 449 g/mol. The molecule has 0 aliphatic carbocycles. The van der Waals surface area contributed by atoms with Gasteiger partial charge in [0, 0.05) is 21.6 Å². The van der Waals surface area contributed by atoms with Gasteiger partial charge in [-0.3, -0.25) is 4.21 Å². The Morgan fingerprint density at radius 2 is 1.66 bits per heavy atom. The van der Waals surface area contributed by atoms with E-state index in [1.807, 2.05) is 0 Å². The molecular weight excluding hydrogens is 436 g/mol.